The van der Waals surface area contributed by atoms with E-state index >= 15 is 0 Å². The van der Waals surface area contributed by atoms with Gasteiger partial charge in [0.2, 0.25) is 0 Å². The second-order valence-corrected chi connectivity index (χ2v) is 8.42. The van der Waals surface area contributed by atoms with Gasteiger partial charge in [0, 0.05) is 29.5 Å². The van der Waals surface area contributed by atoms with Crippen LogP contribution in [-0.2, 0) is 6.54 Å². The number of hydrogen-bond donors (Lipinski definition) is 1. The van der Waals surface area contributed by atoms with Crippen LogP contribution >= 0.6 is 11.6 Å². The monoisotopic (exact) mass is 462 g/mol. The number of halogens is 1. The number of imidazole rings is 1. The number of benzene rings is 2. The molecule has 0 bridgehead atoms. The van der Waals surface area contributed by atoms with Crippen LogP contribution in [0.15, 0.2) is 67.0 Å². The first-order valence-electron chi connectivity index (χ1n) is 11.1. The molecule has 6 nitrogen and oxygen atoms in total. The fourth-order valence-corrected chi connectivity index (χ4v) is 3.89. The number of nitrogens with one attached hydrogen (secondary N) is 1. The number of fused-ring (bicyclic) bond motifs is 1. The first kappa shape index (κ1) is 22.8. The molecule has 1 unspecified atom stereocenters. The minimum Gasteiger partial charge on any atom is -0.494 e. The van der Waals surface area contributed by atoms with Gasteiger partial charge in [-0.25, -0.2) is 4.98 Å². The maximum absolute atomic E-state index is 12.6. The highest BCUT2D eigenvalue weighted by Crippen LogP contribution is 2.23. The van der Waals surface area contributed by atoms with Crippen molar-refractivity contribution in [2.45, 2.75) is 39.3 Å². The normalized spacial score (nSPS) is 12.0. The summed E-state index contributed by atoms with van der Waals surface area (Å²) in [5, 5.41) is 3.80. The number of aromatic nitrogens is 3. The van der Waals surface area contributed by atoms with Gasteiger partial charge >= 0.3 is 0 Å². The molecule has 1 atom stereocenters. The number of para-hydroxylation sites is 2. The van der Waals surface area contributed by atoms with E-state index in [1.54, 1.807) is 24.5 Å². The van der Waals surface area contributed by atoms with E-state index < -0.39 is 0 Å². The van der Waals surface area contributed by atoms with Crippen LogP contribution < -0.4 is 10.1 Å². The molecule has 0 fully saturated rings. The van der Waals surface area contributed by atoms with E-state index in [0.717, 1.165) is 52.6 Å². The number of nitrogens with zero attached hydrogens (tertiary/aromatic N) is 3. The highest BCUT2D eigenvalue weighted by atomic mass is 35.5. The number of carbonyl (C=O) groups is 1. The number of aryl methyl sites for hydroxylation is 2. The Morgan fingerprint density at radius 1 is 1.12 bits per heavy atom. The SMILES string of the molecule is Cc1cc(OCCCCn2c(C(C)NC(=O)c3ccncc3)nc3ccccc32)ccc1Cl. The lowest BCUT2D eigenvalue weighted by molar-refractivity contribution is 0.0937. The quantitative estimate of drug-likeness (QED) is 0.322. The van der Waals surface area contributed by atoms with Crippen molar-refractivity contribution in [2.24, 2.45) is 0 Å². The Balaban J connectivity index is 1.41. The number of pyridine rings is 1. The summed E-state index contributed by atoms with van der Waals surface area (Å²) >= 11 is 6.08. The number of carbonyl (C=O) groups excluding carboxylic acids is 1. The Morgan fingerprint density at radius 3 is 2.70 bits per heavy atom. The molecule has 2 aromatic carbocycles. The van der Waals surface area contributed by atoms with Gasteiger partial charge in [-0.2, -0.15) is 0 Å². The van der Waals surface area contributed by atoms with Crippen molar-refractivity contribution in [3.05, 3.63) is 89.0 Å². The first-order valence-corrected chi connectivity index (χ1v) is 11.5. The lowest BCUT2D eigenvalue weighted by atomic mass is 10.2. The Kier molecular flexibility index (Phi) is 7.25. The highest BCUT2D eigenvalue weighted by molar-refractivity contribution is 6.31. The van der Waals surface area contributed by atoms with Crippen LogP contribution in [0.2, 0.25) is 5.02 Å². The van der Waals surface area contributed by atoms with Crippen LogP contribution in [-0.4, -0.2) is 27.0 Å². The summed E-state index contributed by atoms with van der Waals surface area (Å²) < 4.78 is 8.08. The number of rotatable bonds is 9. The van der Waals surface area contributed by atoms with Crippen LogP contribution in [0.3, 0.4) is 0 Å². The van der Waals surface area contributed by atoms with Gasteiger partial charge in [-0.15, -0.1) is 0 Å². The van der Waals surface area contributed by atoms with Crippen LogP contribution in [0, 0.1) is 6.92 Å². The maximum atomic E-state index is 12.6. The second-order valence-electron chi connectivity index (χ2n) is 8.01. The Morgan fingerprint density at radius 2 is 1.91 bits per heavy atom. The lowest BCUT2D eigenvalue weighted by Crippen LogP contribution is -2.28. The van der Waals surface area contributed by atoms with Crippen molar-refractivity contribution < 1.29 is 9.53 Å². The minimum absolute atomic E-state index is 0.143. The van der Waals surface area contributed by atoms with Crippen molar-refractivity contribution in [1.82, 2.24) is 19.9 Å². The molecule has 1 amide bonds. The van der Waals surface area contributed by atoms with Crippen molar-refractivity contribution >= 4 is 28.5 Å². The van der Waals surface area contributed by atoms with Crippen molar-refractivity contribution in [3.8, 4) is 5.75 Å². The summed E-state index contributed by atoms with van der Waals surface area (Å²) in [6, 6.07) is 16.9. The Labute approximate surface area is 198 Å². The molecule has 2 aromatic heterocycles. The van der Waals surface area contributed by atoms with Crippen LogP contribution in [0.5, 0.6) is 5.75 Å². The third kappa shape index (κ3) is 5.52. The molecule has 0 spiro atoms. The molecule has 0 saturated heterocycles. The number of hydrogen-bond acceptors (Lipinski definition) is 4. The zero-order valence-electron chi connectivity index (χ0n) is 18.8. The average Bonchev–Trinajstić information content (AvgIpc) is 3.20. The molecule has 0 saturated carbocycles. The highest BCUT2D eigenvalue weighted by Gasteiger charge is 2.19. The van der Waals surface area contributed by atoms with Gasteiger partial charge in [0.25, 0.3) is 5.91 Å². The summed E-state index contributed by atoms with van der Waals surface area (Å²) in [6.45, 7) is 5.34. The second kappa shape index (κ2) is 10.5. The van der Waals surface area contributed by atoms with Crippen molar-refractivity contribution in [1.29, 1.82) is 0 Å². The minimum atomic E-state index is -0.244. The van der Waals surface area contributed by atoms with E-state index in [2.05, 4.69) is 20.9 Å². The third-order valence-corrected chi connectivity index (χ3v) is 5.96. The van der Waals surface area contributed by atoms with Gasteiger partial charge < -0.3 is 14.6 Å². The summed E-state index contributed by atoms with van der Waals surface area (Å²) in [5.74, 6) is 1.53. The van der Waals surface area contributed by atoms with Gasteiger partial charge in [0.05, 0.1) is 23.7 Å². The van der Waals surface area contributed by atoms with Crippen LogP contribution in [0.25, 0.3) is 11.0 Å². The summed E-state index contributed by atoms with van der Waals surface area (Å²) in [4.78, 5) is 21.4. The van der Waals surface area contributed by atoms with E-state index in [1.807, 2.05) is 50.2 Å². The molecule has 1 N–H and O–H groups in total. The molecular formula is C26H27ClN4O2. The summed E-state index contributed by atoms with van der Waals surface area (Å²) in [6.07, 6.45) is 5.04. The maximum Gasteiger partial charge on any atom is 0.251 e. The smallest absolute Gasteiger partial charge is 0.251 e. The molecule has 4 aromatic rings. The van der Waals surface area contributed by atoms with E-state index in [9.17, 15) is 4.79 Å². The first-order chi connectivity index (χ1) is 16.0. The molecule has 0 aliphatic heterocycles. The molecule has 4 rings (SSSR count). The van der Waals surface area contributed by atoms with Gasteiger partial charge in [-0.05, 0) is 74.7 Å². The zero-order valence-corrected chi connectivity index (χ0v) is 19.5. The molecular weight excluding hydrogens is 436 g/mol. The molecule has 7 heteroatoms. The standard InChI is InChI=1S/C26H27ClN4O2/c1-18-17-21(9-10-22(18)27)33-16-6-5-15-31-24-8-4-3-7-23(24)30-25(31)19(2)29-26(32)20-11-13-28-14-12-20/h3-4,7-14,17,19H,5-6,15-16H2,1-2H3,(H,29,32). The van der Waals surface area contributed by atoms with Gasteiger partial charge in [0.1, 0.15) is 11.6 Å². The fourth-order valence-electron chi connectivity index (χ4n) is 3.78. The van der Waals surface area contributed by atoms with E-state index in [4.69, 9.17) is 21.3 Å². The average molecular weight is 463 g/mol. The predicted molar refractivity (Wildman–Crippen MR) is 131 cm³/mol. The third-order valence-electron chi connectivity index (χ3n) is 5.54. The summed E-state index contributed by atoms with van der Waals surface area (Å²) in [7, 11) is 0. The van der Waals surface area contributed by atoms with Gasteiger partial charge in [-0.3, -0.25) is 9.78 Å². The molecule has 170 valence electrons. The molecule has 0 radical (unpaired) electrons. The van der Waals surface area contributed by atoms with Crippen molar-refractivity contribution in [2.75, 3.05) is 6.61 Å². The number of amides is 1. The molecule has 33 heavy (non-hydrogen) atoms. The Bertz CT molecular complexity index is 1240. The van der Waals surface area contributed by atoms with Gasteiger partial charge in [-0.1, -0.05) is 23.7 Å². The zero-order chi connectivity index (χ0) is 23.2. The molecule has 0 aliphatic carbocycles. The van der Waals surface area contributed by atoms with E-state index in [0.29, 0.717) is 12.2 Å². The number of ether oxygens (including phenoxy) is 1. The lowest BCUT2D eigenvalue weighted by Gasteiger charge is -2.16. The largest absolute Gasteiger partial charge is 0.494 e. The Hall–Kier alpha value is -3.38. The van der Waals surface area contributed by atoms with E-state index in [-0.39, 0.29) is 11.9 Å². The van der Waals surface area contributed by atoms with Crippen LogP contribution in [0.1, 0.15) is 47.6 Å². The van der Waals surface area contributed by atoms with Crippen LogP contribution in [0.4, 0.5) is 0 Å². The predicted octanol–water partition coefficient (Wildman–Crippen LogP) is 5.74. The van der Waals surface area contributed by atoms with Gasteiger partial charge in [0.15, 0.2) is 0 Å². The number of unbranched alkanes of at least 4 members (excludes halogenated alkanes) is 1. The summed E-state index contributed by atoms with van der Waals surface area (Å²) in [5.41, 5.74) is 3.57. The van der Waals surface area contributed by atoms with Crippen molar-refractivity contribution in [3.63, 3.8) is 0 Å². The van der Waals surface area contributed by atoms with E-state index in [1.165, 1.54) is 0 Å². The molecule has 2 heterocycles. The fraction of sp³-hybridized carbons (Fsp3) is 0.269. The molecule has 0 aliphatic rings. The topological polar surface area (TPSA) is 69.0 Å².